The van der Waals surface area contributed by atoms with Gasteiger partial charge in [0.25, 0.3) is 5.71 Å². The van der Waals surface area contributed by atoms with E-state index in [1.54, 1.807) is 13.3 Å². The van der Waals surface area contributed by atoms with E-state index in [4.69, 9.17) is 9.26 Å². The Morgan fingerprint density at radius 2 is 2.12 bits per heavy atom. The van der Waals surface area contributed by atoms with Crippen molar-refractivity contribution < 1.29 is 9.26 Å². The van der Waals surface area contributed by atoms with Crippen LogP contribution in [0.3, 0.4) is 0 Å². The predicted octanol–water partition coefficient (Wildman–Crippen LogP) is 3.30. The van der Waals surface area contributed by atoms with Gasteiger partial charge in [0, 0.05) is 24.5 Å². The van der Waals surface area contributed by atoms with Crippen molar-refractivity contribution in [2.75, 3.05) is 12.4 Å². The first-order valence-corrected chi connectivity index (χ1v) is 7.73. The molecule has 0 aliphatic carbocycles. The van der Waals surface area contributed by atoms with Crippen LogP contribution in [0.15, 0.2) is 59.6 Å². The summed E-state index contributed by atoms with van der Waals surface area (Å²) < 4.78 is 10.7. The van der Waals surface area contributed by atoms with Gasteiger partial charge in [-0.25, -0.2) is 4.98 Å². The van der Waals surface area contributed by atoms with Crippen molar-refractivity contribution in [2.24, 2.45) is 0 Å². The number of pyridine rings is 1. The molecule has 124 valence electrons. The highest BCUT2D eigenvalue weighted by Gasteiger charge is 2.17. The second-order valence-electron chi connectivity index (χ2n) is 5.38. The van der Waals surface area contributed by atoms with Gasteiger partial charge >= 0.3 is 0 Å². The van der Waals surface area contributed by atoms with Crippen molar-refractivity contribution in [3.8, 4) is 17.0 Å². The summed E-state index contributed by atoms with van der Waals surface area (Å²) in [7, 11) is 1.63. The van der Waals surface area contributed by atoms with Gasteiger partial charge in [0.15, 0.2) is 0 Å². The second kappa shape index (κ2) is 6.56. The van der Waals surface area contributed by atoms with Crippen molar-refractivity contribution in [1.82, 2.24) is 20.1 Å². The van der Waals surface area contributed by atoms with Crippen LogP contribution in [0.1, 0.15) is 5.56 Å². The van der Waals surface area contributed by atoms with Crippen LogP contribution < -0.4 is 10.1 Å². The molecule has 0 saturated carbocycles. The first-order valence-electron chi connectivity index (χ1n) is 7.73. The Kier molecular flexibility index (Phi) is 3.96. The number of benzene rings is 1. The van der Waals surface area contributed by atoms with E-state index >= 15 is 0 Å². The van der Waals surface area contributed by atoms with Gasteiger partial charge in [0.2, 0.25) is 0 Å². The fourth-order valence-corrected chi connectivity index (χ4v) is 2.58. The van der Waals surface area contributed by atoms with Gasteiger partial charge in [-0.2, -0.15) is 4.98 Å². The largest absolute Gasteiger partial charge is 0.497 e. The van der Waals surface area contributed by atoms with E-state index in [9.17, 15) is 0 Å². The summed E-state index contributed by atoms with van der Waals surface area (Å²) in [6.45, 7) is 0.586. The van der Waals surface area contributed by atoms with Gasteiger partial charge in [0.1, 0.15) is 29.0 Å². The van der Waals surface area contributed by atoms with Gasteiger partial charge in [-0.05, 0) is 23.8 Å². The van der Waals surface area contributed by atoms with Crippen molar-refractivity contribution in [1.29, 1.82) is 0 Å². The summed E-state index contributed by atoms with van der Waals surface area (Å²) in [5, 5.41) is 8.21. The van der Waals surface area contributed by atoms with Crippen molar-refractivity contribution in [2.45, 2.75) is 6.54 Å². The highest BCUT2D eigenvalue weighted by molar-refractivity contribution is 5.97. The van der Waals surface area contributed by atoms with Gasteiger partial charge in [0.05, 0.1) is 7.11 Å². The van der Waals surface area contributed by atoms with E-state index in [1.165, 1.54) is 6.33 Å². The highest BCUT2D eigenvalue weighted by atomic mass is 16.5. The molecule has 0 spiro atoms. The number of aromatic nitrogens is 4. The topological polar surface area (TPSA) is 86.0 Å². The maximum atomic E-state index is 5.38. The molecule has 0 aliphatic heterocycles. The number of fused-ring (bicyclic) bond motifs is 1. The molecule has 3 aromatic heterocycles. The van der Waals surface area contributed by atoms with E-state index in [-0.39, 0.29) is 0 Å². The van der Waals surface area contributed by atoms with Crippen LogP contribution in [0.4, 0.5) is 5.82 Å². The zero-order valence-electron chi connectivity index (χ0n) is 13.5. The van der Waals surface area contributed by atoms with Gasteiger partial charge < -0.3 is 14.6 Å². The summed E-state index contributed by atoms with van der Waals surface area (Å²) >= 11 is 0. The SMILES string of the molecule is COc1cccc(-c2noc3ncnc(NCc4cccnc4)c23)c1. The fraction of sp³-hybridized carbons (Fsp3) is 0.111. The maximum absolute atomic E-state index is 5.38. The molecule has 0 amide bonds. The number of hydrogen-bond acceptors (Lipinski definition) is 7. The third-order valence-electron chi connectivity index (χ3n) is 3.80. The quantitative estimate of drug-likeness (QED) is 0.599. The molecule has 7 nitrogen and oxygen atoms in total. The predicted molar refractivity (Wildman–Crippen MR) is 93.2 cm³/mol. The van der Waals surface area contributed by atoms with Crippen LogP contribution in [0.25, 0.3) is 22.4 Å². The molecule has 1 aromatic carbocycles. The molecule has 0 saturated heterocycles. The maximum Gasteiger partial charge on any atom is 0.263 e. The van der Waals surface area contributed by atoms with Gasteiger partial charge in [-0.3, -0.25) is 4.98 Å². The van der Waals surface area contributed by atoms with Crippen molar-refractivity contribution in [3.63, 3.8) is 0 Å². The summed E-state index contributed by atoms with van der Waals surface area (Å²) in [4.78, 5) is 12.6. The van der Waals surface area contributed by atoms with Crippen LogP contribution in [0.5, 0.6) is 5.75 Å². The average Bonchev–Trinajstić information content (AvgIpc) is 3.12. The molecule has 4 rings (SSSR count). The van der Waals surface area contributed by atoms with E-state index in [0.29, 0.717) is 23.8 Å². The Labute approximate surface area is 143 Å². The van der Waals surface area contributed by atoms with Crippen LogP contribution >= 0.6 is 0 Å². The Bertz CT molecular complexity index is 1000. The Morgan fingerprint density at radius 1 is 1.16 bits per heavy atom. The van der Waals surface area contributed by atoms with Crippen LogP contribution in [0.2, 0.25) is 0 Å². The van der Waals surface area contributed by atoms with Crippen molar-refractivity contribution in [3.05, 3.63) is 60.7 Å². The molecule has 0 aliphatic rings. The standard InChI is InChI=1S/C18H15N5O2/c1-24-14-6-2-5-13(8-14)16-15-17(21-11-22-18(15)25-23-16)20-10-12-4-3-7-19-9-12/h2-9,11H,10H2,1H3,(H,20,21,22). The van der Waals surface area contributed by atoms with Crippen LogP contribution in [-0.4, -0.2) is 27.2 Å². The molecule has 3 heterocycles. The van der Waals surface area contributed by atoms with E-state index in [2.05, 4.69) is 25.4 Å². The summed E-state index contributed by atoms with van der Waals surface area (Å²) in [5.74, 6) is 1.41. The molecule has 0 bridgehead atoms. The molecular formula is C18H15N5O2. The van der Waals surface area contributed by atoms with E-state index in [0.717, 1.165) is 22.3 Å². The molecule has 0 atom stereocenters. The number of nitrogens with one attached hydrogen (secondary N) is 1. The van der Waals surface area contributed by atoms with Crippen LogP contribution in [0, 0.1) is 0 Å². The minimum atomic E-state index is 0.432. The lowest BCUT2D eigenvalue weighted by atomic mass is 10.1. The minimum Gasteiger partial charge on any atom is -0.497 e. The lowest BCUT2D eigenvalue weighted by Gasteiger charge is -2.07. The third kappa shape index (κ3) is 2.99. The van der Waals surface area contributed by atoms with Crippen LogP contribution in [-0.2, 0) is 6.54 Å². The number of anilines is 1. The van der Waals surface area contributed by atoms with E-state index < -0.39 is 0 Å². The number of rotatable bonds is 5. The molecular weight excluding hydrogens is 318 g/mol. The average molecular weight is 333 g/mol. The number of ether oxygens (including phenoxy) is 1. The molecule has 25 heavy (non-hydrogen) atoms. The Morgan fingerprint density at radius 3 is 2.96 bits per heavy atom. The second-order valence-corrected chi connectivity index (χ2v) is 5.38. The molecule has 7 heteroatoms. The lowest BCUT2D eigenvalue weighted by Crippen LogP contribution is -2.02. The first kappa shape index (κ1) is 15.1. The van der Waals surface area contributed by atoms with E-state index in [1.807, 2.05) is 42.6 Å². The highest BCUT2D eigenvalue weighted by Crippen LogP contribution is 2.32. The Balaban J connectivity index is 1.74. The Hall–Kier alpha value is -3.48. The molecule has 1 N–H and O–H groups in total. The summed E-state index contributed by atoms with van der Waals surface area (Å²) in [5.41, 5.74) is 3.02. The third-order valence-corrected chi connectivity index (χ3v) is 3.80. The number of nitrogens with zero attached hydrogens (tertiary/aromatic N) is 4. The van der Waals surface area contributed by atoms with Crippen molar-refractivity contribution >= 4 is 16.9 Å². The smallest absolute Gasteiger partial charge is 0.263 e. The molecule has 0 unspecified atom stereocenters. The zero-order valence-corrected chi connectivity index (χ0v) is 13.5. The zero-order chi connectivity index (χ0) is 17.1. The molecule has 0 fully saturated rings. The minimum absolute atomic E-state index is 0.432. The molecule has 0 radical (unpaired) electrons. The number of methoxy groups -OCH3 is 1. The lowest BCUT2D eigenvalue weighted by molar-refractivity contribution is 0.415. The van der Waals surface area contributed by atoms with Gasteiger partial charge in [-0.1, -0.05) is 23.4 Å². The summed E-state index contributed by atoms with van der Waals surface area (Å²) in [6.07, 6.45) is 5.00. The monoisotopic (exact) mass is 333 g/mol. The number of hydrogen-bond donors (Lipinski definition) is 1. The summed E-state index contributed by atoms with van der Waals surface area (Å²) in [6, 6.07) is 11.5. The normalized spacial score (nSPS) is 10.8. The first-order chi connectivity index (χ1) is 12.3. The fourth-order valence-electron chi connectivity index (χ4n) is 2.58. The molecule has 4 aromatic rings. The van der Waals surface area contributed by atoms with Gasteiger partial charge in [-0.15, -0.1) is 0 Å².